The van der Waals surface area contributed by atoms with Crippen LogP contribution in [0.25, 0.3) is 0 Å². The van der Waals surface area contributed by atoms with Crippen molar-refractivity contribution < 1.29 is 54.2 Å². The van der Waals surface area contributed by atoms with E-state index >= 15 is 0 Å². The zero-order valence-electron chi connectivity index (χ0n) is 19.2. The molecule has 200 valence electrons. The molecule has 4 rings (SSSR count). The maximum atomic E-state index is 13.7. The quantitative estimate of drug-likeness (QED) is 0.310. The second kappa shape index (κ2) is 8.75. The molecule has 0 aromatic heterocycles. The van der Waals surface area contributed by atoms with Crippen LogP contribution in [0, 0.1) is 47.3 Å². The number of ether oxygens (including phenoxy) is 2. The molecule has 0 aliphatic heterocycles. The molecule has 12 heteroatoms. The molecule has 35 heavy (non-hydrogen) atoms. The van der Waals surface area contributed by atoms with Crippen LogP contribution in [0.4, 0.5) is 35.1 Å². The largest absolute Gasteiger partial charge is 0.462 e. The first kappa shape index (κ1) is 26.4. The Bertz CT molecular complexity index is 847. The highest BCUT2D eigenvalue weighted by atomic mass is 19.4. The summed E-state index contributed by atoms with van der Waals surface area (Å²) in [4.78, 5) is 25.2. The number of fused-ring (bicyclic) bond motifs is 4. The van der Waals surface area contributed by atoms with E-state index in [-0.39, 0.29) is 30.1 Å². The van der Waals surface area contributed by atoms with Gasteiger partial charge < -0.3 is 9.47 Å². The molecule has 4 nitrogen and oxygen atoms in total. The van der Waals surface area contributed by atoms with Crippen LogP contribution in [0.3, 0.4) is 0 Å². The molecule has 4 bridgehead atoms. The summed E-state index contributed by atoms with van der Waals surface area (Å²) >= 11 is 0. The number of carbonyl (C=O) groups is 2. The summed E-state index contributed by atoms with van der Waals surface area (Å²) in [6, 6.07) is 0. The average molecular weight is 520 g/mol. The maximum absolute atomic E-state index is 13.7. The number of hydrogen-bond acceptors (Lipinski definition) is 4. The van der Waals surface area contributed by atoms with Gasteiger partial charge in [0.25, 0.3) is 0 Å². The van der Waals surface area contributed by atoms with Crippen LogP contribution in [-0.2, 0) is 19.1 Å². The Balaban J connectivity index is 1.34. The van der Waals surface area contributed by atoms with Crippen molar-refractivity contribution in [3.8, 4) is 0 Å². The van der Waals surface area contributed by atoms with Crippen LogP contribution < -0.4 is 0 Å². The highest BCUT2D eigenvalue weighted by Crippen LogP contribution is 2.56. The van der Waals surface area contributed by atoms with Crippen LogP contribution >= 0.6 is 0 Å². The Hall–Kier alpha value is -1.62. The van der Waals surface area contributed by atoms with Gasteiger partial charge in [0.05, 0.1) is 11.8 Å². The molecule has 0 spiro atoms. The fourth-order valence-corrected chi connectivity index (χ4v) is 6.88. The summed E-state index contributed by atoms with van der Waals surface area (Å²) in [5.41, 5.74) is 0. The van der Waals surface area contributed by atoms with E-state index in [1.54, 1.807) is 0 Å². The zero-order chi connectivity index (χ0) is 26.1. The van der Waals surface area contributed by atoms with E-state index < -0.39 is 54.7 Å². The Morgan fingerprint density at radius 1 is 0.829 bits per heavy atom. The molecule has 0 N–H and O–H groups in total. The Morgan fingerprint density at radius 3 is 2.00 bits per heavy atom. The highest BCUT2D eigenvalue weighted by Gasteiger charge is 2.75. The molecular formula is C23H28F8O4. The topological polar surface area (TPSA) is 52.6 Å². The second-order valence-corrected chi connectivity index (χ2v) is 10.8. The number of carbonyl (C=O) groups excluding carboxylic acids is 2. The minimum Gasteiger partial charge on any atom is -0.462 e. The summed E-state index contributed by atoms with van der Waals surface area (Å²) < 4.78 is 115. The van der Waals surface area contributed by atoms with Crippen LogP contribution in [0.1, 0.15) is 46.0 Å². The van der Waals surface area contributed by atoms with E-state index in [9.17, 15) is 44.7 Å². The first-order valence-electron chi connectivity index (χ1n) is 11.9. The van der Waals surface area contributed by atoms with Crippen molar-refractivity contribution in [3.63, 3.8) is 0 Å². The lowest BCUT2D eigenvalue weighted by molar-refractivity contribution is -0.344. The summed E-state index contributed by atoms with van der Waals surface area (Å²) in [6.07, 6.45) is -2.91. The Morgan fingerprint density at radius 2 is 1.46 bits per heavy atom. The van der Waals surface area contributed by atoms with Gasteiger partial charge in [-0.05, 0) is 61.7 Å². The number of halogens is 8. The number of rotatable bonds is 8. The fraction of sp³-hybridized carbons (Fsp3) is 0.913. The van der Waals surface area contributed by atoms with Crippen molar-refractivity contribution >= 4 is 11.9 Å². The predicted octanol–water partition coefficient (Wildman–Crippen LogP) is 5.59. The molecule has 4 aliphatic carbocycles. The van der Waals surface area contributed by atoms with Crippen molar-refractivity contribution in [2.75, 3.05) is 6.61 Å². The molecule has 0 saturated heterocycles. The van der Waals surface area contributed by atoms with Crippen molar-refractivity contribution in [1.29, 1.82) is 0 Å². The molecule has 0 heterocycles. The molecule has 0 aromatic rings. The summed E-state index contributed by atoms with van der Waals surface area (Å²) in [7, 11) is 0. The summed E-state index contributed by atoms with van der Waals surface area (Å²) in [5, 5.41) is 0. The summed E-state index contributed by atoms with van der Waals surface area (Å²) in [6.45, 7) is 1.80. The first-order chi connectivity index (χ1) is 16.1. The van der Waals surface area contributed by atoms with E-state index in [4.69, 9.17) is 4.74 Å². The SMILES string of the molecule is CC1C2CC(C(=O)OC3CC4CC(C(=O)OCC(F)(F)C(F)(F)C(F)(F)C(F)F)C3C4)C(C2)C1C. The number of hydrogen-bond donors (Lipinski definition) is 0. The third-order valence-corrected chi connectivity index (χ3v) is 9.07. The predicted molar refractivity (Wildman–Crippen MR) is 104 cm³/mol. The standard InChI is InChI=1S/C23H28F8O4/c1-9-10(2)13-6-12(9)7-16(13)19(33)35-17-5-11-3-14(17)15(4-11)18(32)34-8-21(26,27)23(30,31)22(28,29)20(24)25/h9-17,20H,3-8H2,1-2H3. The Kier molecular flexibility index (Phi) is 6.61. The molecular weight excluding hydrogens is 492 g/mol. The number of esters is 2. The third kappa shape index (κ3) is 4.20. The zero-order valence-corrected chi connectivity index (χ0v) is 19.2. The molecule has 9 unspecified atom stereocenters. The van der Waals surface area contributed by atoms with Crippen molar-refractivity contribution in [2.45, 2.75) is 76.2 Å². The monoisotopic (exact) mass is 520 g/mol. The smallest absolute Gasteiger partial charge is 0.381 e. The van der Waals surface area contributed by atoms with Gasteiger partial charge in [0.1, 0.15) is 6.10 Å². The van der Waals surface area contributed by atoms with Gasteiger partial charge in [0.2, 0.25) is 0 Å². The van der Waals surface area contributed by atoms with Gasteiger partial charge in [-0.2, -0.15) is 26.3 Å². The van der Waals surface area contributed by atoms with Gasteiger partial charge in [0, 0.05) is 5.92 Å². The molecule has 0 radical (unpaired) electrons. The van der Waals surface area contributed by atoms with E-state index in [0.29, 0.717) is 30.6 Å². The third-order valence-electron chi connectivity index (χ3n) is 9.07. The van der Waals surface area contributed by atoms with Crippen molar-refractivity contribution in [2.24, 2.45) is 47.3 Å². The van der Waals surface area contributed by atoms with E-state index in [2.05, 4.69) is 18.6 Å². The lowest BCUT2D eigenvalue weighted by Crippen LogP contribution is -2.59. The lowest BCUT2D eigenvalue weighted by Gasteiger charge is -2.34. The average Bonchev–Trinajstić information content (AvgIpc) is 3.53. The van der Waals surface area contributed by atoms with Gasteiger partial charge in [-0.25, -0.2) is 8.78 Å². The highest BCUT2D eigenvalue weighted by molar-refractivity contribution is 5.75. The van der Waals surface area contributed by atoms with Gasteiger partial charge in [-0.1, -0.05) is 13.8 Å². The molecule has 4 saturated carbocycles. The molecule has 4 aliphatic rings. The lowest BCUT2D eigenvalue weighted by atomic mass is 9.76. The second-order valence-electron chi connectivity index (χ2n) is 10.8. The minimum absolute atomic E-state index is 0.0700. The van der Waals surface area contributed by atoms with Crippen LogP contribution in [0.5, 0.6) is 0 Å². The molecule has 9 atom stereocenters. The first-order valence-corrected chi connectivity index (χ1v) is 11.9. The number of alkyl halides is 8. The van der Waals surface area contributed by atoms with Crippen LogP contribution in [0.15, 0.2) is 0 Å². The van der Waals surface area contributed by atoms with E-state index in [1.165, 1.54) is 0 Å². The fourth-order valence-electron chi connectivity index (χ4n) is 6.88. The molecule has 4 fully saturated rings. The van der Waals surface area contributed by atoms with Gasteiger partial charge in [-0.3, -0.25) is 9.59 Å². The van der Waals surface area contributed by atoms with Crippen molar-refractivity contribution in [1.82, 2.24) is 0 Å². The minimum atomic E-state index is -6.43. The van der Waals surface area contributed by atoms with Gasteiger partial charge in [-0.15, -0.1) is 0 Å². The molecule has 0 amide bonds. The molecule has 0 aromatic carbocycles. The van der Waals surface area contributed by atoms with Crippen LogP contribution in [0.2, 0.25) is 0 Å². The normalized spacial score (nSPS) is 38.9. The van der Waals surface area contributed by atoms with E-state index in [1.807, 2.05) is 0 Å². The maximum Gasteiger partial charge on any atom is 0.381 e. The van der Waals surface area contributed by atoms with Crippen LogP contribution in [-0.4, -0.2) is 48.8 Å². The van der Waals surface area contributed by atoms with Gasteiger partial charge in [0.15, 0.2) is 6.61 Å². The van der Waals surface area contributed by atoms with Crippen molar-refractivity contribution in [3.05, 3.63) is 0 Å². The van der Waals surface area contributed by atoms with E-state index in [0.717, 1.165) is 12.8 Å². The van der Waals surface area contributed by atoms with Gasteiger partial charge >= 0.3 is 36.1 Å². The Labute approximate surface area is 197 Å². The summed E-state index contributed by atoms with van der Waals surface area (Å²) in [5.74, 6) is -20.5.